The van der Waals surface area contributed by atoms with Crippen LogP contribution >= 0.6 is 11.8 Å². The Morgan fingerprint density at radius 1 is 1.23 bits per heavy atom. The smallest absolute Gasteiger partial charge is 0.316 e. The average Bonchev–Trinajstić information content (AvgIpc) is 2.36. The quantitative estimate of drug-likeness (QED) is 0.668. The van der Waals surface area contributed by atoms with Gasteiger partial charge in [-0.15, -0.1) is 11.8 Å². The van der Waals surface area contributed by atoms with Crippen LogP contribution in [0.3, 0.4) is 0 Å². The number of nitriles is 1. The fourth-order valence-electron chi connectivity index (χ4n) is 1.21. The Balaban J connectivity index is 3.10. The summed E-state index contributed by atoms with van der Waals surface area (Å²) in [6, 6.07) is 2.42. The monoisotopic (exact) mass is 346 g/mol. The van der Waals surface area contributed by atoms with Crippen molar-refractivity contribution in [1.82, 2.24) is 0 Å². The molecule has 1 amide bonds. The van der Waals surface area contributed by atoms with E-state index in [1.54, 1.807) is 0 Å². The molecule has 0 radical (unpaired) electrons. The van der Waals surface area contributed by atoms with Crippen LogP contribution in [-0.2, 0) is 4.79 Å². The Labute approximate surface area is 123 Å². The lowest BCUT2D eigenvalue weighted by molar-refractivity contribution is -0.167. The maximum absolute atomic E-state index is 13.5. The molecule has 1 rings (SSSR count). The summed E-state index contributed by atoms with van der Waals surface area (Å²) in [5, 5.41) is 9.89. The number of hydrogen-bond acceptors (Lipinski definition) is 3. The van der Waals surface area contributed by atoms with Gasteiger partial charge in [-0.25, -0.2) is 4.39 Å². The first-order valence-corrected chi connectivity index (χ1v) is 6.24. The third-order valence-corrected chi connectivity index (χ3v) is 3.21. The molecule has 0 saturated carbocycles. The highest BCUT2D eigenvalue weighted by Gasteiger charge is 2.39. The van der Waals surface area contributed by atoms with Gasteiger partial charge in [0.25, 0.3) is 0 Å². The molecule has 22 heavy (non-hydrogen) atoms. The van der Waals surface area contributed by atoms with E-state index < -0.39 is 46.0 Å². The summed E-state index contributed by atoms with van der Waals surface area (Å²) >= 11 is 0.0893. The van der Waals surface area contributed by atoms with E-state index in [1.165, 1.54) is 11.4 Å². The van der Waals surface area contributed by atoms with E-state index in [-0.39, 0.29) is 11.8 Å². The van der Waals surface area contributed by atoms with Gasteiger partial charge >= 0.3 is 18.3 Å². The van der Waals surface area contributed by atoms with E-state index >= 15 is 0 Å². The molecule has 0 spiro atoms. The van der Waals surface area contributed by atoms with Gasteiger partial charge in [0.1, 0.15) is 11.9 Å². The Morgan fingerprint density at radius 2 is 1.82 bits per heavy atom. The second-order valence-electron chi connectivity index (χ2n) is 3.80. The summed E-state index contributed by atoms with van der Waals surface area (Å²) in [4.78, 5) is 10.3. The zero-order chi connectivity index (χ0) is 17.1. The number of nitrogens with zero attached hydrogens (tertiary/aromatic N) is 1. The number of nitrogens with one attached hydrogen (secondary N) is 1. The van der Waals surface area contributed by atoms with Crippen molar-refractivity contribution in [2.45, 2.75) is 17.2 Å². The fraction of sp³-hybridized carbons (Fsp3) is 0.273. The maximum atomic E-state index is 13.5. The molecule has 0 bridgehead atoms. The minimum absolute atomic E-state index is 0.0893. The van der Waals surface area contributed by atoms with Crippen molar-refractivity contribution >= 4 is 23.4 Å². The minimum atomic E-state index is -5.29. The third kappa shape index (κ3) is 5.10. The number of benzene rings is 1. The lowest BCUT2D eigenvalue weighted by Crippen LogP contribution is -2.30. The number of hydrogen-bond donors (Lipinski definition) is 1. The predicted octanol–water partition coefficient (Wildman–Crippen LogP) is 3.85. The van der Waals surface area contributed by atoms with Gasteiger partial charge in [0, 0.05) is 4.90 Å². The highest BCUT2D eigenvalue weighted by atomic mass is 32.2. The van der Waals surface area contributed by atoms with E-state index in [4.69, 9.17) is 5.26 Å². The van der Waals surface area contributed by atoms with Crippen LogP contribution in [0.5, 0.6) is 0 Å². The van der Waals surface area contributed by atoms with Gasteiger partial charge in [0.05, 0.1) is 17.0 Å². The second-order valence-corrected chi connectivity index (χ2v) is 4.81. The Hall–Kier alpha value is -1.96. The van der Waals surface area contributed by atoms with Gasteiger partial charge in [-0.3, -0.25) is 4.79 Å². The van der Waals surface area contributed by atoms with Gasteiger partial charge in [0.2, 0.25) is 0 Å². The second kappa shape index (κ2) is 6.43. The molecule has 0 unspecified atom stereocenters. The minimum Gasteiger partial charge on any atom is -0.316 e. The van der Waals surface area contributed by atoms with E-state index in [0.717, 1.165) is 0 Å². The van der Waals surface area contributed by atoms with Crippen LogP contribution in [0, 0.1) is 17.1 Å². The normalized spacial score (nSPS) is 11.9. The molecule has 0 aromatic heterocycles. The van der Waals surface area contributed by atoms with E-state index in [9.17, 15) is 35.5 Å². The first kappa shape index (κ1) is 18.1. The molecule has 0 aliphatic carbocycles. The van der Waals surface area contributed by atoms with Crippen LogP contribution in [0.2, 0.25) is 0 Å². The predicted molar refractivity (Wildman–Crippen MR) is 62.6 cm³/mol. The summed E-state index contributed by atoms with van der Waals surface area (Å²) in [7, 11) is 0. The largest absolute Gasteiger partial charge is 0.471 e. The highest BCUT2D eigenvalue weighted by molar-refractivity contribution is 7.99. The molecule has 3 nitrogen and oxygen atoms in total. The number of halogens is 7. The van der Waals surface area contributed by atoms with Crippen molar-refractivity contribution < 1.29 is 35.5 Å². The molecular weight excluding hydrogens is 341 g/mol. The van der Waals surface area contributed by atoms with Crippen LogP contribution in [-0.4, -0.2) is 24.0 Å². The SMILES string of the molecule is N#Cc1cc(F)c(NC(=O)C(F)(F)F)cc1SCC(F)(F)F. The summed E-state index contributed by atoms with van der Waals surface area (Å²) in [5.74, 6) is -5.28. The first-order valence-electron chi connectivity index (χ1n) is 5.25. The first-order chi connectivity index (χ1) is 9.94. The van der Waals surface area contributed by atoms with Crippen molar-refractivity contribution in [1.29, 1.82) is 5.26 Å². The van der Waals surface area contributed by atoms with Crippen molar-refractivity contribution in [3.05, 3.63) is 23.5 Å². The van der Waals surface area contributed by atoms with E-state index in [2.05, 4.69) is 0 Å². The van der Waals surface area contributed by atoms with Crippen LogP contribution < -0.4 is 5.32 Å². The molecular formula is C11H5F7N2OS. The average molecular weight is 346 g/mol. The number of rotatable bonds is 3. The topological polar surface area (TPSA) is 52.9 Å². The number of alkyl halides is 6. The lowest BCUT2D eigenvalue weighted by atomic mass is 10.2. The molecule has 1 N–H and O–H groups in total. The number of carbonyl (C=O) groups is 1. The zero-order valence-electron chi connectivity index (χ0n) is 10.3. The number of amides is 1. The molecule has 0 saturated heterocycles. The van der Waals surface area contributed by atoms with E-state index in [1.807, 2.05) is 0 Å². The standard InChI is InChI=1S/C11H5F7N2OS/c12-6-1-5(3-19)8(22-4-10(13,14)15)2-7(6)20-9(21)11(16,17)18/h1-2H,4H2,(H,20,21). The van der Waals surface area contributed by atoms with Crippen LogP contribution in [0.25, 0.3) is 0 Å². The van der Waals surface area contributed by atoms with Crippen molar-refractivity contribution in [3.8, 4) is 6.07 Å². The molecule has 11 heteroatoms. The van der Waals surface area contributed by atoms with Crippen molar-refractivity contribution in [2.24, 2.45) is 0 Å². The number of anilines is 1. The lowest BCUT2D eigenvalue weighted by Gasteiger charge is -2.12. The van der Waals surface area contributed by atoms with Crippen LogP contribution in [0.15, 0.2) is 17.0 Å². The molecule has 0 aliphatic rings. The Kier molecular flexibility index (Phi) is 5.29. The van der Waals surface area contributed by atoms with Crippen LogP contribution in [0.1, 0.15) is 5.56 Å². The van der Waals surface area contributed by atoms with Gasteiger partial charge < -0.3 is 5.32 Å². The van der Waals surface area contributed by atoms with Crippen LogP contribution in [0.4, 0.5) is 36.4 Å². The Morgan fingerprint density at radius 3 is 2.27 bits per heavy atom. The number of carbonyl (C=O) groups excluding carboxylic acids is 1. The summed E-state index contributed by atoms with van der Waals surface area (Å²) in [5.41, 5.74) is -1.46. The summed E-state index contributed by atoms with van der Waals surface area (Å²) in [6.07, 6.45) is -9.89. The molecule has 0 fully saturated rings. The molecule has 1 aromatic rings. The third-order valence-electron chi connectivity index (χ3n) is 2.09. The van der Waals surface area contributed by atoms with Crippen molar-refractivity contribution in [3.63, 3.8) is 0 Å². The molecule has 120 valence electrons. The maximum Gasteiger partial charge on any atom is 0.471 e. The fourth-order valence-corrected chi connectivity index (χ4v) is 1.99. The molecule has 1 aromatic carbocycles. The zero-order valence-corrected chi connectivity index (χ0v) is 11.1. The summed E-state index contributed by atoms with van der Waals surface area (Å²) < 4.78 is 86.1. The van der Waals surface area contributed by atoms with Gasteiger partial charge in [-0.1, -0.05) is 0 Å². The Bertz CT molecular complexity index is 619. The van der Waals surface area contributed by atoms with E-state index in [0.29, 0.717) is 12.1 Å². The summed E-state index contributed by atoms with van der Waals surface area (Å²) in [6.45, 7) is 0. The molecule has 0 heterocycles. The highest BCUT2D eigenvalue weighted by Crippen LogP contribution is 2.33. The van der Waals surface area contributed by atoms with Crippen molar-refractivity contribution in [2.75, 3.05) is 11.1 Å². The van der Waals surface area contributed by atoms with Gasteiger partial charge in [-0.05, 0) is 12.1 Å². The number of thioether (sulfide) groups is 1. The van der Waals surface area contributed by atoms with Gasteiger partial charge in [-0.2, -0.15) is 31.6 Å². The molecule has 0 aliphatic heterocycles. The van der Waals surface area contributed by atoms with Gasteiger partial charge in [0.15, 0.2) is 0 Å². The molecule has 0 atom stereocenters.